The lowest BCUT2D eigenvalue weighted by Crippen LogP contribution is -2.47. The van der Waals surface area contributed by atoms with E-state index in [1.165, 1.54) is 0 Å². The van der Waals surface area contributed by atoms with Crippen LogP contribution in [-0.2, 0) is 16.0 Å². The molecule has 0 aliphatic carbocycles. The first kappa shape index (κ1) is 20.3. The van der Waals surface area contributed by atoms with Crippen LogP contribution in [0, 0.1) is 13.8 Å². The van der Waals surface area contributed by atoms with E-state index in [9.17, 15) is 9.59 Å². The number of carbonyl (C=O) groups is 2. The minimum Gasteiger partial charge on any atom is -0.494 e. The fraction of sp³-hybridized carbons (Fsp3) is 0.421. The summed E-state index contributed by atoms with van der Waals surface area (Å²) in [5.74, 6) is 1.20. The lowest BCUT2D eigenvalue weighted by atomic mass is 10.1. The molecule has 146 valence electrons. The summed E-state index contributed by atoms with van der Waals surface area (Å²) in [6, 6.07) is 6.97. The van der Waals surface area contributed by atoms with Crippen LogP contribution in [0.4, 0.5) is 0 Å². The molecule has 2 N–H and O–H groups in total. The van der Waals surface area contributed by atoms with Crippen molar-refractivity contribution in [2.45, 2.75) is 46.6 Å². The van der Waals surface area contributed by atoms with Gasteiger partial charge in [0, 0.05) is 12.0 Å². The Kier molecular flexibility index (Phi) is 7.22. The first-order valence-corrected chi connectivity index (χ1v) is 8.80. The average Bonchev–Trinajstić information content (AvgIpc) is 2.97. The predicted octanol–water partition coefficient (Wildman–Crippen LogP) is 2.24. The van der Waals surface area contributed by atoms with Gasteiger partial charge in [-0.25, -0.2) is 0 Å². The number of nitrogens with zero attached hydrogens (tertiary/aromatic N) is 1. The van der Waals surface area contributed by atoms with E-state index in [1.54, 1.807) is 38.1 Å². The Morgan fingerprint density at radius 2 is 1.81 bits per heavy atom. The summed E-state index contributed by atoms with van der Waals surface area (Å²) in [5.41, 5.74) is 6.42. The van der Waals surface area contributed by atoms with Crippen LogP contribution in [0.2, 0.25) is 0 Å². The van der Waals surface area contributed by atoms with E-state index >= 15 is 0 Å². The van der Waals surface area contributed by atoms with E-state index in [0.717, 1.165) is 17.0 Å². The smallest absolute Gasteiger partial charge is 0.279 e. The van der Waals surface area contributed by atoms with Crippen molar-refractivity contribution in [2.75, 3.05) is 6.61 Å². The van der Waals surface area contributed by atoms with Gasteiger partial charge >= 0.3 is 0 Å². The summed E-state index contributed by atoms with van der Waals surface area (Å²) in [6.45, 7) is 7.71. The van der Waals surface area contributed by atoms with Crippen LogP contribution >= 0.6 is 0 Å². The zero-order valence-electron chi connectivity index (χ0n) is 16.0. The van der Waals surface area contributed by atoms with Crippen LogP contribution < -0.4 is 20.3 Å². The molecule has 1 aromatic heterocycles. The number of benzene rings is 1. The Hall–Kier alpha value is -3.03. The van der Waals surface area contributed by atoms with E-state index < -0.39 is 12.0 Å². The Morgan fingerprint density at radius 3 is 2.41 bits per heavy atom. The number of carbonyl (C=O) groups excluding carboxylic acids is 2. The molecule has 2 rings (SSSR count). The van der Waals surface area contributed by atoms with Gasteiger partial charge in [-0.2, -0.15) is 0 Å². The number of ether oxygens (including phenoxy) is 2. The molecule has 2 amide bonds. The van der Waals surface area contributed by atoms with E-state index in [1.807, 2.05) is 13.8 Å². The van der Waals surface area contributed by atoms with Crippen LogP contribution in [-0.4, -0.2) is 29.7 Å². The van der Waals surface area contributed by atoms with Gasteiger partial charge < -0.3 is 14.0 Å². The molecule has 27 heavy (non-hydrogen) atoms. The van der Waals surface area contributed by atoms with Gasteiger partial charge in [0.15, 0.2) is 6.10 Å². The lowest BCUT2D eigenvalue weighted by Gasteiger charge is -2.15. The summed E-state index contributed by atoms with van der Waals surface area (Å²) in [4.78, 5) is 24.0. The SMILES string of the molecule is CCOc1ccc(O[C@@H](C)C(=O)NNC(=O)CCc2c(C)noc2C)cc1. The van der Waals surface area contributed by atoms with Gasteiger partial charge in [0.25, 0.3) is 5.91 Å². The number of rotatable bonds is 8. The normalized spacial score (nSPS) is 11.6. The number of aromatic nitrogens is 1. The van der Waals surface area contributed by atoms with Crippen molar-refractivity contribution >= 4 is 11.8 Å². The average molecular weight is 375 g/mol. The predicted molar refractivity (Wildman–Crippen MR) is 98.3 cm³/mol. The fourth-order valence-electron chi connectivity index (χ4n) is 2.43. The van der Waals surface area contributed by atoms with Crippen molar-refractivity contribution in [1.82, 2.24) is 16.0 Å². The summed E-state index contributed by atoms with van der Waals surface area (Å²) < 4.78 is 16.0. The van der Waals surface area contributed by atoms with Crippen molar-refractivity contribution in [2.24, 2.45) is 0 Å². The maximum absolute atomic E-state index is 12.1. The highest BCUT2D eigenvalue weighted by Gasteiger charge is 2.16. The molecular weight excluding hydrogens is 350 g/mol. The minimum atomic E-state index is -0.772. The second-order valence-electron chi connectivity index (χ2n) is 6.00. The summed E-state index contributed by atoms with van der Waals surface area (Å²) in [5, 5.41) is 3.85. The van der Waals surface area contributed by atoms with E-state index in [-0.39, 0.29) is 12.3 Å². The van der Waals surface area contributed by atoms with Gasteiger partial charge in [-0.05, 0) is 58.4 Å². The fourth-order valence-corrected chi connectivity index (χ4v) is 2.43. The van der Waals surface area contributed by atoms with Crippen molar-refractivity contribution in [3.05, 3.63) is 41.3 Å². The van der Waals surface area contributed by atoms with Crippen LogP contribution in [0.15, 0.2) is 28.8 Å². The number of nitrogens with one attached hydrogen (secondary N) is 2. The third-order valence-electron chi connectivity index (χ3n) is 3.93. The van der Waals surface area contributed by atoms with Gasteiger partial charge in [-0.1, -0.05) is 5.16 Å². The molecule has 2 aromatic rings. The Bertz CT molecular complexity index is 751. The first-order chi connectivity index (χ1) is 12.9. The third-order valence-corrected chi connectivity index (χ3v) is 3.93. The molecule has 1 heterocycles. The molecule has 8 heteroatoms. The summed E-state index contributed by atoms with van der Waals surface area (Å²) >= 11 is 0. The maximum Gasteiger partial charge on any atom is 0.279 e. The van der Waals surface area contributed by atoms with Crippen LogP contribution in [0.5, 0.6) is 11.5 Å². The molecule has 0 saturated heterocycles. The monoisotopic (exact) mass is 375 g/mol. The number of amides is 2. The number of hydrogen-bond acceptors (Lipinski definition) is 6. The molecule has 0 saturated carbocycles. The van der Waals surface area contributed by atoms with Gasteiger partial charge in [-0.3, -0.25) is 20.4 Å². The first-order valence-electron chi connectivity index (χ1n) is 8.80. The molecule has 1 atom stereocenters. The highest BCUT2D eigenvalue weighted by atomic mass is 16.5. The van der Waals surface area contributed by atoms with Gasteiger partial charge in [0.2, 0.25) is 5.91 Å². The highest BCUT2D eigenvalue weighted by Crippen LogP contribution is 2.18. The van der Waals surface area contributed by atoms with Crippen LogP contribution in [0.1, 0.15) is 37.3 Å². The topological polar surface area (TPSA) is 103 Å². The second kappa shape index (κ2) is 9.61. The van der Waals surface area contributed by atoms with Crippen molar-refractivity contribution < 1.29 is 23.6 Å². The zero-order chi connectivity index (χ0) is 19.8. The van der Waals surface area contributed by atoms with E-state index in [2.05, 4.69) is 16.0 Å². The number of aryl methyl sites for hydroxylation is 2. The standard InChI is InChI=1S/C19H25N3O5/c1-5-25-15-6-8-16(9-7-15)26-14(4)19(24)21-20-18(23)11-10-17-12(2)22-27-13(17)3/h6-9,14H,5,10-11H2,1-4H3,(H,20,23)(H,21,24)/t14-/m0/s1. The summed E-state index contributed by atoms with van der Waals surface area (Å²) in [6.07, 6.45) is -0.0795. The zero-order valence-corrected chi connectivity index (χ0v) is 16.0. The molecule has 0 aliphatic heterocycles. The Labute approximate surface area is 158 Å². The molecule has 0 bridgehead atoms. The number of hydrogen-bond donors (Lipinski definition) is 2. The van der Waals surface area contributed by atoms with E-state index in [0.29, 0.717) is 24.5 Å². The largest absolute Gasteiger partial charge is 0.494 e. The lowest BCUT2D eigenvalue weighted by molar-refractivity contribution is -0.132. The molecule has 0 spiro atoms. The third kappa shape index (κ3) is 6.02. The number of hydrazine groups is 1. The van der Waals surface area contributed by atoms with Crippen LogP contribution in [0.3, 0.4) is 0 Å². The maximum atomic E-state index is 12.1. The molecular formula is C19H25N3O5. The molecule has 0 fully saturated rings. The van der Waals surface area contributed by atoms with Crippen LogP contribution in [0.25, 0.3) is 0 Å². The van der Waals surface area contributed by atoms with E-state index in [4.69, 9.17) is 14.0 Å². The van der Waals surface area contributed by atoms with Gasteiger partial charge in [0.1, 0.15) is 17.3 Å². The molecule has 0 aliphatic rings. The summed E-state index contributed by atoms with van der Waals surface area (Å²) in [7, 11) is 0. The Balaban J connectivity index is 1.74. The molecule has 8 nitrogen and oxygen atoms in total. The highest BCUT2D eigenvalue weighted by molar-refractivity contribution is 5.84. The van der Waals surface area contributed by atoms with Gasteiger partial charge in [-0.15, -0.1) is 0 Å². The molecule has 0 unspecified atom stereocenters. The van der Waals surface area contributed by atoms with Crippen molar-refractivity contribution in [3.8, 4) is 11.5 Å². The molecule has 0 radical (unpaired) electrons. The van der Waals surface area contributed by atoms with Crippen molar-refractivity contribution in [3.63, 3.8) is 0 Å². The minimum absolute atomic E-state index is 0.206. The second-order valence-corrected chi connectivity index (χ2v) is 6.00. The Morgan fingerprint density at radius 1 is 1.15 bits per heavy atom. The molecule has 1 aromatic carbocycles. The quantitative estimate of drug-likeness (QED) is 0.686. The van der Waals surface area contributed by atoms with Gasteiger partial charge in [0.05, 0.1) is 12.3 Å². The van der Waals surface area contributed by atoms with Crippen molar-refractivity contribution in [1.29, 1.82) is 0 Å².